The van der Waals surface area contributed by atoms with Gasteiger partial charge in [-0.05, 0) is 286 Å². The minimum Gasteiger partial charge on any atom is -0.416 e. The molecule has 1 heterocycles. The highest BCUT2D eigenvalue weighted by molar-refractivity contribution is 6.93. The van der Waals surface area contributed by atoms with E-state index in [1.165, 1.54) is 77.0 Å². The van der Waals surface area contributed by atoms with Gasteiger partial charge in [0.1, 0.15) is 0 Å². The largest absolute Gasteiger partial charge is 0.416 e. The van der Waals surface area contributed by atoms with Crippen molar-refractivity contribution in [1.29, 1.82) is 0 Å². The quantitative estimate of drug-likeness (QED) is 0.142. The first-order chi connectivity index (χ1) is 29.5. The third kappa shape index (κ3) is 20.1. The minimum atomic E-state index is -2.71. The lowest BCUT2D eigenvalue weighted by Gasteiger charge is -2.51. The van der Waals surface area contributed by atoms with Gasteiger partial charge < -0.3 is 35.4 Å². The van der Waals surface area contributed by atoms with E-state index in [0.717, 1.165) is 75.5 Å². The van der Waals surface area contributed by atoms with Crippen molar-refractivity contribution in [3.05, 3.63) is 0 Å². The van der Waals surface area contributed by atoms with Gasteiger partial charge >= 0.3 is 34.2 Å². The zero-order valence-electron chi connectivity index (χ0n) is 44.9. The Hall–Kier alpha value is 0.548. The van der Waals surface area contributed by atoms with Crippen LogP contribution in [0.5, 0.6) is 0 Å². The van der Waals surface area contributed by atoms with E-state index in [1.807, 2.05) is 0 Å². The summed E-state index contributed by atoms with van der Waals surface area (Å²) < 4.78 is 57.3. The van der Waals surface area contributed by atoms with Crippen LogP contribution in [0.25, 0.3) is 0 Å². The van der Waals surface area contributed by atoms with Crippen LogP contribution in [0.2, 0.25) is 50.4 Å². The molecular weight excluding hydrogens is 865 g/mol. The molecule has 0 unspecified atom stereocenters. The third-order valence-corrected chi connectivity index (χ3v) is 33.6. The Morgan fingerprint density at radius 2 is 0.453 bits per heavy atom. The molecule has 0 amide bonds. The predicted molar refractivity (Wildman–Crippen MR) is 275 cm³/mol. The molecule has 1 aliphatic heterocycles. The van der Waals surface area contributed by atoms with Gasteiger partial charge in [0.15, 0.2) is 0 Å². The van der Waals surface area contributed by atoms with Crippen molar-refractivity contribution in [1.82, 2.24) is 0 Å². The van der Waals surface area contributed by atoms with Crippen LogP contribution >= 0.6 is 0 Å². The molecule has 0 spiro atoms. The number of ether oxygens (including phenoxy) is 4. The number of hydrogen-bond acceptors (Lipinski definition) is 8. The summed E-state index contributed by atoms with van der Waals surface area (Å²) in [6.45, 7) is 36.1. The van der Waals surface area contributed by atoms with Gasteiger partial charge in [-0.15, -0.1) is 0 Å². The summed E-state index contributed by atoms with van der Waals surface area (Å²) in [7, 11) is -10.9. The highest BCUT2D eigenvalue weighted by Crippen LogP contribution is 2.44. The first kappa shape index (κ1) is 55.5. The van der Waals surface area contributed by atoms with Gasteiger partial charge in [-0.3, -0.25) is 0 Å². The van der Waals surface area contributed by atoms with Gasteiger partial charge in [0.2, 0.25) is 0 Å². The molecule has 8 nitrogen and oxygen atoms in total. The summed E-state index contributed by atoms with van der Waals surface area (Å²) in [5.41, 5.74) is -0.333. The molecule has 0 bridgehead atoms. The van der Waals surface area contributed by atoms with Crippen LogP contribution in [-0.4, -0.2) is 81.1 Å². The predicted octanol–water partition coefficient (Wildman–Crippen LogP) is 15.4. The van der Waals surface area contributed by atoms with E-state index in [9.17, 15) is 0 Å². The lowest BCUT2D eigenvalue weighted by atomic mass is 9.85. The average molecular weight is 970 g/mol. The van der Waals surface area contributed by atoms with Gasteiger partial charge in [-0.25, -0.2) is 0 Å². The maximum absolute atomic E-state index is 7.86. The lowest BCUT2D eigenvalue weighted by Crippen LogP contribution is -2.67. The monoisotopic (exact) mass is 969 g/mol. The highest BCUT2D eigenvalue weighted by Gasteiger charge is 2.57. The second-order valence-corrected chi connectivity index (χ2v) is 40.9. The van der Waals surface area contributed by atoms with Crippen molar-refractivity contribution >= 4 is 34.2 Å². The van der Waals surface area contributed by atoms with Gasteiger partial charge in [-0.2, -0.15) is 0 Å². The van der Waals surface area contributed by atoms with E-state index in [2.05, 4.69) is 109 Å². The molecular formula is C52H104O8Si4. The van der Waals surface area contributed by atoms with E-state index < -0.39 is 34.2 Å². The molecule has 4 aliphatic carbocycles. The summed E-state index contributed by atoms with van der Waals surface area (Å²) in [5, 5.41) is 0. The molecule has 5 aliphatic rings. The average Bonchev–Trinajstić information content (AvgIpc) is 3.14. The Labute approximate surface area is 400 Å². The van der Waals surface area contributed by atoms with Gasteiger partial charge in [-0.1, -0.05) is 0 Å². The first-order valence-electron chi connectivity index (χ1n) is 27.0. The fourth-order valence-electron chi connectivity index (χ4n) is 12.3. The van der Waals surface area contributed by atoms with Crippen molar-refractivity contribution in [3.63, 3.8) is 0 Å². The molecule has 5 fully saturated rings. The van der Waals surface area contributed by atoms with Crippen molar-refractivity contribution < 1.29 is 35.4 Å². The summed E-state index contributed by atoms with van der Waals surface area (Å²) in [6, 6.07) is 4.12. The smallest absolute Gasteiger partial charge is 0.317 e. The summed E-state index contributed by atoms with van der Waals surface area (Å²) in [4.78, 5) is 0. The molecule has 0 radical (unpaired) electrons. The SMILES string of the molecule is CC(C)(C)OC1CCC(CC[Si]2(C)O[Si](C)(CCC3CCC(OC(C)(C)C)CC3)O[Si](C)(CCC3CCC(OC(C)(C)C)CC3)O[Si](C)(CCC3CCC(OC(C)(C)C)CC3)O2)CC1. The van der Waals surface area contributed by atoms with Crippen molar-refractivity contribution in [3.8, 4) is 0 Å². The normalized spacial score (nSPS) is 39.0. The molecule has 4 saturated carbocycles. The molecule has 12 heteroatoms. The Morgan fingerprint density at radius 1 is 0.297 bits per heavy atom. The molecule has 5 rings (SSSR count). The molecule has 0 aromatic heterocycles. The molecule has 0 aromatic carbocycles. The lowest BCUT2D eigenvalue weighted by molar-refractivity contribution is -0.0787. The number of hydrogen-bond donors (Lipinski definition) is 0. The molecule has 0 N–H and O–H groups in total. The fraction of sp³-hybridized carbons (Fsp3) is 1.00. The Morgan fingerprint density at radius 3 is 0.594 bits per heavy atom. The second kappa shape index (κ2) is 22.7. The molecule has 0 atom stereocenters. The van der Waals surface area contributed by atoms with Crippen LogP contribution in [0.3, 0.4) is 0 Å². The summed E-state index contributed by atoms with van der Waals surface area (Å²) >= 11 is 0. The van der Waals surface area contributed by atoms with Gasteiger partial charge in [0.25, 0.3) is 0 Å². The first-order valence-corrected chi connectivity index (χ1v) is 37.1. The van der Waals surface area contributed by atoms with Crippen LogP contribution in [0, 0.1) is 23.7 Å². The minimum absolute atomic E-state index is 0.0833. The summed E-state index contributed by atoms with van der Waals surface area (Å²) in [5.74, 6) is 2.79. The molecule has 64 heavy (non-hydrogen) atoms. The number of rotatable bonds is 16. The maximum Gasteiger partial charge on any atom is 0.317 e. The Balaban J connectivity index is 1.34. The van der Waals surface area contributed by atoms with E-state index in [4.69, 9.17) is 35.4 Å². The van der Waals surface area contributed by atoms with Crippen molar-refractivity contribution in [2.75, 3.05) is 0 Å². The second-order valence-electron chi connectivity index (χ2n) is 26.6. The van der Waals surface area contributed by atoms with Crippen LogP contribution in [-0.2, 0) is 35.4 Å². The zero-order valence-corrected chi connectivity index (χ0v) is 48.9. The van der Waals surface area contributed by atoms with Crippen molar-refractivity contribution in [2.45, 2.75) is 309 Å². The van der Waals surface area contributed by atoms with Crippen LogP contribution in [0.1, 0.15) is 212 Å². The molecule has 376 valence electrons. The third-order valence-electron chi connectivity index (χ3n) is 15.0. The topological polar surface area (TPSA) is 73.8 Å². The zero-order chi connectivity index (χ0) is 47.2. The summed E-state index contributed by atoms with van der Waals surface area (Å²) in [6.07, 6.45) is 25.4. The van der Waals surface area contributed by atoms with E-state index in [0.29, 0.717) is 48.1 Å². The van der Waals surface area contributed by atoms with Crippen LogP contribution in [0.15, 0.2) is 0 Å². The molecule has 0 aromatic rings. The fourth-order valence-corrected chi connectivity index (χ4v) is 36.1. The van der Waals surface area contributed by atoms with E-state index >= 15 is 0 Å². The van der Waals surface area contributed by atoms with E-state index in [-0.39, 0.29) is 22.4 Å². The van der Waals surface area contributed by atoms with Crippen LogP contribution < -0.4 is 0 Å². The van der Waals surface area contributed by atoms with E-state index in [1.54, 1.807) is 0 Å². The van der Waals surface area contributed by atoms with Crippen molar-refractivity contribution in [2.24, 2.45) is 23.7 Å². The van der Waals surface area contributed by atoms with Crippen LogP contribution in [0.4, 0.5) is 0 Å². The maximum atomic E-state index is 7.86. The Kier molecular flexibility index (Phi) is 19.7. The standard InChI is InChI=1S/C52H104O8Si4/c1-49(2,3)53-45-25-17-41(18-26-45)33-37-61(13)57-62(14,38-34-42-19-27-46(28-20-42)54-50(4,5)6)59-64(16,40-36-44-23-31-48(32-24-44)56-52(10,11)12)60-63(15,58-61)39-35-43-21-29-47(30-22-43)55-51(7,8)9/h41-48H,17-40H2,1-16H3. The molecule has 1 saturated heterocycles. The van der Waals surface area contributed by atoms with Gasteiger partial charge in [0.05, 0.1) is 46.8 Å². The van der Waals surface area contributed by atoms with Gasteiger partial charge in [0, 0.05) is 0 Å². The highest BCUT2D eigenvalue weighted by atomic mass is 28.5. The Bertz CT molecular complexity index is 1160.